The highest BCUT2D eigenvalue weighted by molar-refractivity contribution is 7.81. The average Bonchev–Trinajstić information content (AvgIpc) is 2.39. The number of fused-ring (bicyclic) bond motifs is 1. The van der Waals surface area contributed by atoms with Crippen LogP contribution in [0.25, 0.3) is 11.3 Å². The molecule has 1 aromatic carbocycles. The lowest BCUT2D eigenvalue weighted by Crippen LogP contribution is -2.23. The van der Waals surface area contributed by atoms with Gasteiger partial charge in [0.25, 0.3) is 0 Å². The monoisotopic (exact) mass is 256 g/mol. The van der Waals surface area contributed by atoms with Gasteiger partial charge in [0.1, 0.15) is 0 Å². The third-order valence-corrected chi connectivity index (χ3v) is 7.05. The highest BCUT2D eigenvalue weighted by Gasteiger charge is 2.35. The van der Waals surface area contributed by atoms with E-state index in [0.29, 0.717) is 0 Å². The van der Waals surface area contributed by atoms with Gasteiger partial charge in [-0.1, -0.05) is 18.2 Å². The third kappa shape index (κ3) is 1.97. The molecule has 1 nitrogen and oxygen atoms in total. The molecular weight excluding hydrogens is 237 g/mol. The van der Waals surface area contributed by atoms with Crippen LogP contribution in [-0.4, -0.2) is 24.5 Å². The SMILES string of the molecule is C[P+]1(C)CCCc2c(-c3ccccn3)cccc21. The minimum Gasteiger partial charge on any atom is -0.256 e. The lowest BCUT2D eigenvalue weighted by atomic mass is 10.00. The molecule has 1 aromatic heterocycles. The summed E-state index contributed by atoms with van der Waals surface area (Å²) in [6, 6.07) is 13.0. The maximum absolute atomic E-state index is 4.52. The predicted molar refractivity (Wildman–Crippen MR) is 81.3 cm³/mol. The van der Waals surface area contributed by atoms with E-state index >= 15 is 0 Å². The molecular formula is C16H19NP+. The Hall–Kier alpha value is -1.20. The summed E-state index contributed by atoms with van der Waals surface area (Å²) in [6.45, 7) is 4.93. The van der Waals surface area contributed by atoms with Crippen molar-refractivity contribution in [1.82, 2.24) is 4.98 Å². The first-order valence-corrected chi connectivity index (χ1v) is 9.42. The molecule has 3 rings (SSSR count). The molecule has 0 spiro atoms. The molecule has 2 heterocycles. The molecule has 0 fully saturated rings. The van der Waals surface area contributed by atoms with E-state index in [1.54, 1.807) is 10.9 Å². The Morgan fingerprint density at radius 1 is 1.06 bits per heavy atom. The molecule has 2 heteroatoms. The molecule has 92 valence electrons. The zero-order valence-electron chi connectivity index (χ0n) is 11.1. The largest absolute Gasteiger partial charge is 0.256 e. The van der Waals surface area contributed by atoms with Gasteiger partial charge < -0.3 is 0 Å². The van der Waals surface area contributed by atoms with Gasteiger partial charge in [-0.3, -0.25) is 4.98 Å². The molecule has 18 heavy (non-hydrogen) atoms. The van der Waals surface area contributed by atoms with Crippen molar-refractivity contribution >= 4 is 12.6 Å². The maximum atomic E-state index is 4.52. The van der Waals surface area contributed by atoms with Crippen LogP contribution in [0.15, 0.2) is 42.6 Å². The average molecular weight is 256 g/mol. The van der Waals surface area contributed by atoms with E-state index in [0.717, 1.165) is 5.69 Å². The zero-order chi connectivity index (χ0) is 12.6. The van der Waals surface area contributed by atoms with Crippen LogP contribution in [0.4, 0.5) is 0 Å². The first kappa shape index (κ1) is 11.9. The first-order valence-electron chi connectivity index (χ1n) is 6.55. The Kier molecular flexibility index (Phi) is 2.95. The van der Waals surface area contributed by atoms with Gasteiger partial charge in [-0.05, 0) is 31.0 Å². The fourth-order valence-corrected chi connectivity index (χ4v) is 5.58. The van der Waals surface area contributed by atoms with Gasteiger partial charge in [-0.2, -0.15) is 0 Å². The van der Waals surface area contributed by atoms with Gasteiger partial charge in [-0.25, -0.2) is 0 Å². The molecule has 0 atom stereocenters. The van der Waals surface area contributed by atoms with Crippen LogP contribution < -0.4 is 5.30 Å². The Balaban J connectivity index is 2.19. The molecule has 2 aromatic rings. The fraction of sp³-hybridized carbons (Fsp3) is 0.312. The number of rotatable bonds is 1. The van der Waals surface area contributed by atoms with Crippen LogP contribution in [-0.2, 0) is 6.42 Å². The van der Waals surface area contributed by atoms with E-state index in [1.807, 2.05) is 12.3 Å². The van der Waals surface area contributed by atoms with Crippen molar-refractivity contribution in [3.63, 3.8) is 0 Å². The molecule has 1 aliphatic heterocycles. The fourth-order valence-electron chi connectivity index (χ4n) is 2.94. The molecule has 0 N–H and O–H groups in total. The van der Waals surface area contributed by atoms with Crippen molar-refractivity contribution in [1.29, 1.82) is 0 Å². The summed E-state index contributed by atoms with van der Waals surface area (Å²) in [5, 5.41) is 1.62. The Bertz CT molecular complexity index is 561. The van der Waals surface area contributed by atoms with Crippen molar-refractivity contribution in [2.75, 3.05) is 19.5 Å². The van der Waals surface area contributed by atoms with Crippen molar-refractivity contribution in [2.45, 2.75) is 12.8 Å². The van der Waals surface area contributed by atoms with Gasteiger partial charge in [0.2, 0.25) is 0 Å². The number of pyridine rings is 1. The van der Waals surface area contributed by atoms with Crippen LogP contribution in [0.3, 0.4) is 0 Å². The second-order valence-electron chi connectivity index (χ2n) is 5.53. The summed E-state index contributed by atoms with van der Waals surface area (Å²) < 4.78 is 0. The lowest BCUT2D eigenvalue weighted by molar-refractivity contribution is 0.917. The molecule has 0 amide bonds. The van der Waals surface area contributed by atoms with Crippen LogP contribution in [0, 0.1) is 0 Å². The molecule has 0 bridgehead atoms. The standard InChI is InChI=1S/C16H19NP/c1-18(2)12-6-8-14-13(7-5-10-16(14)18)15-9-3-4-11-17-15/h3-5,7,9-11H,6,8,12H2,1-2H3/q+1. The Morgan fingerprint density at radius 2 is 1.94 bits per heavy atom. The molecule has 0 saturated carbocycles. The summed E-state index contributed by atoms with van der Waals surface area (Å²) in [5.74, 6) is 0. The Labute approximate surface area is 110 Å². The summed E-state index contributed by atoms with van der Waals surface area (Å²) in [6.07, 6.45) is 5.83. The molecule has 0 aliphatic carbocycles. The van der Waals surface area contributed by atoms with Crippen LogP contribution in [0.5, 0.6) is 0 Å². The van der Waals surface area contributed by atoms with Crippen molar-refractivity contribution in [2.24, 2.45) is 0 Å². The lowest BCUT2D eigenvalue weighted by Gasteiger charge is -2.27. The summed E-state index contributed by atoms with van der Waals surface area (Å²) in [7, 11) is -0.902. The maximum Gasteiger partial charge on any atom is 0.0972 e. The summed E-state index contributed by atoms with van der Waals surface area (Å²) in [4.78, 5) is 4.52. The van der Waals surface area contributed by atoms with Gasteiger partial charge >= 0.3 is 0 Å². The second kappa shape index (κ2) is 4.48. The quantitative estimate of drug-likeness (QED) is 0.710. The second-order valence-corrected chi connectivity index (χ2v) is 9.83. The number of nitrogens with zero attached hydrogens (tertiary/aromatic N) is 1. The summed E-state index contributed by atoms with van der Waals surface area (Å²) >= 11 is 0. The first-order chi connectivity index (χ1) is 8.68. The summed E-state index contributed by atoms with van der Waals surface area (Å²) in [5.41, 5.74) is 4.03. The Morgan fingerprint density at radius 3 is 2.72 bits per heavy atom. The minimum absolute atomic E-state index is 0.902. The topological polar surface area (TPSA) is 12.9 Å². The van der Waals surface area contributed by atoms with Crippen molar-refractivity contribution in [3.8, 4) is 11.3 Å². The van der Waals surface area contributed by atoms with Crippen LogP contribution in [0.2, 0.25) is 0 Å². The van der Waals surface area contributed by atoms with Crippen molar-refractivity contribution in [3.05, 3.63) is 48.2 Å². The predicted octanol–water partition coefficient (Wildman–Crippen LogP) is 3.60. The van der Waals surface area contributed by atoms with Gasteiger partial charge in [0.05, 0.1) is 30.5 Å². The molecule has 0 radical (unpaired) electrons. The van der Waals surface area contributed by atoms with E-state index in [1.165, 1.54) is 24.6 Å². The number of benzene rings is 1. The molecule has 0 unspecified atom stereocenters. The van der Waals surface area contributed by atoms with Gasteiger partial charge in [-0.15, -0.1) is 0 Å². The van der Waals surface area contributed by atoms with E-state index in [-0.39, 0.29) is 0 Å². The van der Waals surface area contributed by atoms with Gasteiger partial charge in [0, 0.05) is 24.6 Å². The van der Waals surface area contributed by atoms with Gasteiger partial charge in [0.15, 0.2) is 0 Å². The molecule has 0 saturated heterocycles. The van der Waals surface area contributed by atoms with E-state index < -0.39 is 7.26 Å². The normalized spacial score (nSPS) is 17.2. The zero-order valence-corrected chi connectivity index (χ0v) is 12.0. The van der Waals surface area contributed by atoms with Crippen molar-refractivity contribution < 1.29 is 0 Å². The van der Waals surface area contributed by atoms with E-state index in [9.17, 15) is 0 Å². The van der Waals surface area contributed by atoms with Crippen LogP contribution >= 0.6 is 7.26 Å². The smallest absolute Gasteiger partial charge is 0.0972 e. The third-order valence-electron chi connectivity index (χ3n) is 3.89. The highest BCUT2D eigenvalue weighted by Crippen LogP contribution is 2.54. The number of hydrogen-bond donors (Lipinski definition) is 0. The number of aromatic nitrogens is 1. The highest BCUT2D eigenvalue weighted by atomic mass is 31.2. The van der Waals surface area contributed by atoms with E-state index in [4.69, 9.17) is 0 Å². The van der Waals surface area contributed by atoms with Crippen LogP contribution in [0.1, 0.15) is 12.0 Å². The van der Waals surface area contributed by atoms with E-state index in [2.05, 4.69) is 48.6 Å². The number of hydrogen-bond acceptors (Lipinski definition) is 1. The minimum atomic E-state index is -0.902. The molecule has 1 aliphatic rings.